The predicted octanol–water partition coefficient (Wildman–Crippen LogP) is 5.97. The summed E-state index contributed by atoms with van der Waals surface area (Å²) in [5.41, 5.74) is 2.23. The number of imidazole rings is 1. The smallest absolute Gasteiger partial charge is 0.273 e. The first-order valence-electron chi connectivity index (χ1n) is 14.0. The zero-order valence-corrected chi connectivity index (χ0v) is 24.2. The molecule has 3 aromatic carbocycles. The van der Waals surface area contributed by atoms with Crippen molar-refractivity contribution in [1.82, 2.24) is 14.3 Å². The summed E-state index contributed by atoms with van der Waals surface area (Å²) in [6, 6.07) is 19.8. The lowest BCUT2D eigenvalue weighted by atomic mass is 9.85. The van der Waals surface area contributed by atoms with Crippen molar-refractivity contribution >= 4 is 21.6 Å². The predicted molar refractivity (Wildman–Crippen MR) is 155 cm³/mol. The first kappa shape index (κ1) is 28.2. The SMILES string of the molecule is Cc1cccc(S(=O)(=O)N[C@H]2CCC(F)(F)c3ccc(N(Cc4nccn4C)C(=O)[C@@H]4C[C@H]4c4ccccc4)cc32)c1. The topological polar surface area (TPSA) is 84.3 Å². The third kappa shape index (κ3) is 5.48. The number of hydrogen-bond donors (Lipinski definition) is 1. The Morgan fingerprint density at radius 2 is 1.88 bits per heavy atom. The summed E-state index contributed by atoms with van der Waals surface area (Å²) in [4.78, 5) is 20.0. The van der Waals surface area contributed by atoms with Crippen LogP contribution < -0.4 is 9.62 Å². The number of rotatable bonds is 8. The molecule has 2 aliphatic carbocycles. The molecule has 1 heterocycles. The summed E-state index contributed by atoms with van der Waals surface area (Å²) >= 11 is 0. The van der Waals surface area contributed by atoms with Crippen molar-refractivity contribution < 1.29 is 22.0 Å². The van der Waals surface area contributed by atoms with E-state index in [-0.39, 0.29) is 46.7 Å². The largest absolute Gasteiger partial charge is 0.337 e. The van der Waals surface area contributed by atoms with Gasteiger partial charge in [-0.25, -0.2) is 26.9 Å². The Labute approximate surface area is 244 Å². The van der Waals surface area contributed by atoms with Crippen LogP contribution in [0.2, 0.25) is 0 Å². The molecular weight excluding hydrogens is 558 g/mol. The van der Waals surface area contributed by atoms with Crippen molar-refractivity contribution in [2.75, 3.05) is 4.90 Å². The minimum atomic E-state index is -3.99. The summed E-state index contributed by atoms with van der Waals surface area (Å²) in [5.74, 6) is -2.77. The maximum Gasteiger partial charge on any atom is 0.273 e. The number of sulfonamides is 1. The van der Waals surface area contributed by atoms with Gasteiger partial charge < -0.3 is 9.47 Å². The van der Waals surface area contributed by atoms with Crippen molar-refractivity contribution in [3.8, 4) is 0 Å². The summed E-state index contributed by atoms with van der Waals surface area (Å²) in [6.45, 7) is 1.94. The number of anilines is 1. The van der Waals surface area contributed by atoms with Gasteiger partial charge in [0.05, 0.1) is 11.4 Å². The van der Waals surface area contributed by atoms with E-state index in [0.29, 0.717) is 17.9 Å². The molecule has 6 rings (SSSR count). The van der Waals surface area contributed by atoms with Gasteiger partial charge in [0.15, 0.2) is 0 Å². The van der Waals surface area contributed by atoms with Gasteiger partial charge in [-0.2, -0.15) is 0 Å². The van der Waals surface area contributed by atoms with Gasteiger partial charge >= 0.3 is 0 Å². The number of benzene rings is 3. The van der Waals surface area contributed by atoms with E-state index in [9.17, 15) is 13.2 Å². The van der Waals surface area contributed by atoms with Gasteiger partial charge in [0, 0.05) is 49.1 Å². The van der Waals surface area contributed by atoms with Crippen LogP contribution >= 0.6 is 0 Å². The highest BCUT2D eigenvalue weighted by molar-refractivity contribution is 7.89. The molecule has 0 spiro atoms. The van der Waals surface area contributed by atoms with Gasteiger partial charge in [-0.3, -0.25) is 4.79 Å². The number of aryl methyl sites for hydroxylation is 2. The highest BCUT2D eigenvalue weighted by Crippen LogP contribution is 2.50. The van der Waals surface area contributed by atoms with E-state index < -0.39 is 28.4 Å². The van der Waals surface area contributed by atoms with E-state index in [2.05, 4.69) is 9.71 Å². The third-order valence-electron chi connectivity index (χ3n) is 8.28. The van der Waals surface area contributed by atoms with Crippen molar-refractivity contribution in [3.05, 3.63) is 113 Å². The fourth-order valence-electron chi connectivity index (χ4n) is 5.84. The van der Waals surface area contributed by atoms with E-state index in [4.69, 9.17) is 0 Å². The highest BCUT2D eigenvalue weighted by Gasteiger charge is 2.47. The van der Waals surface area contributed by atoms with Gasteiger partial charge in [-0.1, -0.05) is 48.5 Å². The standard InChI is InChI=1S/C32H32F2N4O3S/c1-21-7-6-10-24(17-21)42(40,41)36-29-13-14-32(33,34)28-12-11-23(18-27(28)29)38(20-30-35-15-16-37(30)2)31(39)26-19-25(26)22-8-4-3-5-9-22/h3-12,15-18,25-26,29,36H,13-14,19-20H2,1-2H3/t25-,26+,29-/m0/s1. The molecule has 0 aliphatic heterocycles. The normalized spacial score (nSPS) is 21.0. The number of alkyl halides is 2. The first-order valence-corrected chi connectivity index (χ1v) is 15.5. The molecule has 1 N–H and O–H groups in total. The lowest BCUT2D eigenvalue weighted by molar-refractivity contribution is -0.120. The molecule has 3 atom stereocenters. The molecule has 1 amide bonds. The zero-order chi connectivity index (χ0) is 29.6. The number of carbonyl (C=O) groups is 1. The molecule has 0 saturated heterocycles. The summed E-state index contributed by atoms with van der Waals surface area (Å²) < 4.78 is 61.3. The van der Waals surface area contributed by atoms with Gasteiger partial charge in [-0.15, -0.1) is 0 Å². The van der Waals surface area contributed by atoms with Crippen LogP contribution in [-0.2, 0) is 34.3 Å². The Morgan fingerprint density at radius 3 is 2.60 bits per heavy atom. The molecule has 0 bridgehead atoms. The molecule has 1 saturated carbocycles. The number of fused-ring (bicyclic) bond motifs is 1. The van der Waals surface area contributed by atoms with E-state index in [0.717, 1.165) is 11.1 Å². The van der Waals surface area contributed by atoms with E-state index in [1.54, 1.807) is 48.5 Å². The first-order chi connectivity index (χ1) is 20.0. The molecule has 0 radical (unpaired) electrons. The van der Waals surface area contributed by atoms with Crippen LogP contribution in [0.25, 0.3) is 0 Å². The molecule has 0 unspecified atom stereocenters. The van der Waals surface area contributed by atoms with Crippen LogP contribution in [0.15, 0.2) is 90.1 Å². The van der Waals surface area contributed by atoms with Crippen LogP contribution in [-0.4, -0.2) is 23.9 Å². The fourth-order valence-corrected chi connectivity index (χ4v) is 7.19. The number of carbonyl (C=O) groups excluding carboxylic acids is 1. The zero-order valence-electron chi connectivity index (χ0n) is 23.4. The van der Waals surface area contributed by atoms with E-state index in [1.165, 1.54) is 18.2 Å². The monoisotopic (exact) mass is 590 g/mol. The maximum atomic E-state index is 15.1. The number of nitrogens with zero attached hydrogens (tertiary/aromatic N) is 3. The summed E-state index contributed by atoms with van der Waals surface area (Å²) in [7, 11) is -2.16. The molecule has 1 fully saturated rings. The number of amides is 1. The van der Waals surface area contributed by atoms with Gasteiger partial charge in [0.2, 0.25) is 15.9 Å². The molecule has 42 heavy (non-hydrogen) atoms. The van der Waals surface area contributed by atoms with Gasteiger partial charge in [0.1, 0.15) is 5.82 Å². The fraction of sp³-hybridized carbons (Fsp3) is 0.312. The Kier molecular flexibility index (Phi) is 7.22. The van der Waals surface area contributed by atoms with Crippen LogP contribution in [0.5, 0.6) is 0 Å². The highest BCUT2D eigenvalue weighted by atomic mass is 32.2. The maximum absolute atomic E-state index is 15.1. The van der Waals surface area contributed by atoms with Crippen LogP contribution in [0, 0.1) is 12.8 Å². The summed E-state index contributed by atoms with van der Waals surface area (Å²) in [5, 5.41) is 0. The summed E-state index contributed by atoms with van der Waals surface area (Å²) in [6.07, 6.45) is 3.55. The second kappa shape index (κ2) is 10.7. The average molecular weight is 591 g/mol. The van der Waals surface area contributed by atoms with Crippen molar-refractivity contribution in [1.29, 1.82) is 0 Å². The minimum Gasteiger partial charge on any atom is -0.337 e. The van der Waals surface area contributed by atoms with Crippen LogP contribution in [0.3, 0.4) is 0 Å². The quantitative estimate of drug-likeness (QED) is 0.274. The van der Waals surface area contributed by atoms with E-state index >= 15 is 8.78 Å². The third-order valence-corrected chi connectivity index (χ3v) is 9.75. The Morgan fingerprint density at radius 1 is 1.10 bits per heavy atom. The molecule has 7 nitrogen and oxygen atoms in total. The Hall–Kier alpha value is -3.89. The number of nitrogens with one attached hydrogen (secondary N) is 1. The minimum absolute atomic E-state index is 0.0739. The van der Waals surface area contributed by atoms with Crippen molar-refractivity contribution in [2.24, 2.45) is 13.0 Å². The number of hydrogen-bond acceptors (Lipinski definition) is 4. The molecule has 4 aromatic rings. The van der Waals surface area contributed by atoms with Crippen LogP contribution in [0.4, 0.5) is 14.5 Å². The van der Waals surface area contributed by atoms with Crippen molar-refractivity contribution in [3.63, 3.8) is 0 Å². The molecule has 2 aliphatic rings. The Balaban J connectivity index is 1.36. The average Bonchev–Trinajstić information content (AvgIpc) is 3.68. The second-order valence-corrected chi connectivity index (χ2v) is 13.0. The van der Waals surface area contributed by atoms with Crippen LogP contribution in [0.1, 0.15) is 59.3 Å². The van der Waals surface area contributed by atoms with Gasteiger partial charge in [-0.05, 0) is 66.6 Å². The molecule has 1 aromatic heterocycles. The second-order valence-electron chi connectivity index (χ2n) is 11.2. The number of halogens is 2. The molecule has 218 valence electrons. The Bertz CT molecular complexity index is 1740. The lowest BCUT2D eigenvalue weighted by Gasteiger charge is -2.33. The molecule has 10 heteroatoms. The van der Waals surface area contributed by atoms with E-state index in [1.807, 2.05) is 41.9 Å². The number of aromatic nitrogens is 2. The molecular formula is C32H32F2N4O3S. The van der Waals surface area contributed by atoms with Gasteiger partial charge in [0.25, 0.3) is 5.92 Å². The van der Waals surface area contributed by atoms with Crippen molar-refractivity contribution in [2.45, 2.75) is 55.5 Å². The lowest BCUT2D eigenvalue weighted by Crippen LogP contribution is -2.36.